The first-order chi connectivity index (χ1) is 11.2. The topological polar surface area (TPSA) is 59.3 Å². The Morgan fingerprint density at radius 3 is 2.17 bits per heavy atom. The molecule has 2 aromatic carbocycles. The molecule has 0 unspecified atom stereocenters. The minimum atomic E-state index is -0.184. The minimum absolute atomic E-state index is 0.184. The fourth-order valence-corrected chi connectivity index (χ4v) is 2.02. The van der Waals surface area contributed by atoms with Crippen molar-refractivity contribution in [3.8, 4) is 22.9 Å². The fraction of sp³-hybridized carbons (Fsp3) is 0.263. The molecule has 0 aromatic heterocycles. The van der Waals surface area contributed by atoms with Gasteiger partial charge in [0.2, 0.25) is 0 Å². The maximum absolute atomic E-state index is 11.0. The third-order valence-electron chi connectivity index (χ3n) is 3.31. The van der Waals surface area contributed by atoms with Gasteiger partial charge in [-0.2, -0.15) is 5.26 Å². The van der Waals surface area contributed by atoms with E-state index in [1.807, 2.05) is 36.4 Å². The van der Waals surface area contributed by atoms with E-state index in [4.69, 9.17) is 14.7 Å². The van der Waals surface area contributed by atoms with Gasteiger partial charge in [0.05, 0.1) is 24.8 Å². The summed E-state index contributed by atoms with van der Waals surface area (Å²) in [5, 5.41) is 8.81. The summed E-state index contributed by atoms with van der Waals surface area (Å²) in [6.45, 7) is 2.66. The smallest absolute Gasteiger partial charge is 0.305 e. The van der Waals surface area contributed by atoms with E-state index < -0.39 is 0 Å². The van der Waals surface area contributed by atoms with Crippen LogP contribution in [0.2, 0.25) is 0 Å². The van der Waals surface area contributed by atoms with Crippen LogP contribution in [0.4, 0.5) is 0 Å². The van der Waals surface area contributed by atoms with Gasteiger partial charge in [-0.1, -0.05) is 31.2 Å². The average molecular weight is 309 g/mol. The van der Waals surface area contributed by atoms with Crippen molar-refractivity contribution in [2.75, 3.05) is 13.2 Å². The van der Waals surface area contributed by atoms with E-state index in [1.165, 1.54) is 0 Å². The van der Waals surface area contributed by atoms with Gasteiger partial charge in [0.1, 0.15) is 5.75 Å². The van der Waals surface area contributed by atoms with E-state index in [0.29, 0.717) is 31.6 Å². The number of ether oxygens (including phenoxy) is 2. The first-order valence-electron chi connectivity index (χ1n) is 7.62. The lowest BCUT2D eigenvalue weighted by Crippen LogP contribution is -2.07. The number of nitrogens with zero attached hydrogens (tertiary/aromatic N) is 1. The number of esters is 1. The van der Waals surface area contributed by atoms with E-state index in [-0.39, 0.29) is 5.97 Å². The molecule has 0 heterocycles. The van der Waals surface area contributed by atoms with Gasteiger partial charge in [0, 0.05) is 12.8 Å². The quantitative estimate of drug-likeness (QED) is 0.574. The molecule has 0 aliphatic rings. The minimum Gasteiger partial charge on any atom is -0.493 e. The highest BCUT2D eigenvalue weighted by atomic mass is 16.5. The van der Waals surface area contributed by atoms with Gasteiger partial charge in [-0.3, -0.25) is 4.79 Å². The molecule has 0 aliphatic heterocycles. The fourth-order valence-electron chi connectivity index (χ4n) is 2.02. The van der Waals surface area contributed by atoms with Crippen molar-refractivity contribution in [3.63, 3.8) is 0 Å². The van der Waals surface area contributed by atoms with Crippen LogP contribution >= 0.6 is 0 Å². The number of carbonyl (C=O) groups is 1. The van der Waals surface area contributed by atoms with E-state index >= 15 is 0 Å². The van der Waals surface area contributed by atoms with Crippen molar-refractivity contribution in [1.29, 1.82) is 5.26 Å². The summed E-state index contributed by atoms with van der Waals surface area (Å²) in [4.78, 5) is 11.0. The zero-order chi connectivity index (χ0) is 16.5. The molecule has 2 rings (SSSR count). The zero-order valence-electron chi connectivity index (χ0n) is 13.1. The summed E-state index contributed by atoms with van der Waals surface area (Å²) in [5.41, 5.74) is 2.78. The third-order valence-corrected chi connectivity index (χ3v) is 3.31. The van der Waals surface area contributed by atoms with Crippen LogP contribution in [0.5, 0.6) is 5.75 Å². The molecule has 0 saturated carbocycles. The number of hydrogen-bond donors (Lipinski definition) is 0. The molecule has 0 radical (unpaired) electrons. The number of carbonyl (C=O) groups excluding carboxylic acids is 1. The lowest BCUT2D eigenvalue weighted by molar-refractivity contribution is -0.143. The maximum atomic E-state index is 11.0. The number of hydrogen-bond acceptors (Lipinski definition) is 4. The highest BCUT2D eigenvalue weighted by Gasteiger charge is 2.01. The van der Waals surface area contributed by atoms with Gasteiger partial charge in [-0.15, -0.1) is 0 Å². The van der Waals surface area contributed by atoms with Crippen LogP contribution in [0.1, 0.15) is 25.3 Å². The lowest BCUT2D eigenvalue weighted by Gasteiger charge is -2.08. The molecule has 0 bridgehead atoms. The number of benzene rings is 2. The Bertz CT molecular complexity index is 669. The molecular weight excluding hydrogens is 290 g/mol. The molecule has 0 fully saturated rings. The van der Waals surface area contributed by atoms with Crippen molar-refractivity contribution in [2.45, 2.75) is 19.8 Å². The predicted octanol–water partition coefficient (Wildman–Crippen LogP) is 3.95. The maximum Gasteiger partial charge on any atom is 0.305 e. The van der Waals surface area contributed by atoms with Crippen LogP contribution in [-0.4, -0.2) is 19.2 Å². The van der Waals surface area contributed by atoms with Crippen LogP contribution in [0.3, 0.4) is 0 Å². The Morgan fingerprint density at radius 2 is 1.61 bits per heavy atom. The third kappa shape index (κ3) is 5.15. The highest BCUT2D eigenvalue weighted by molar-refractivity contribution is 5.68. The molecule has 23 heavy (non-hydrogen) atoms. The Morgan fingerprint density at radius 1 is 1.00 bits per heavy atom. The summed E-state index contributed by atoms with van der Waals surface area (Å²) in [6.07, 6.45) is 1.07. The Balaban J connectivity index is 1.82. The first kappa shape index (κ1) is 16.6. The SMILES string of the molecule is CCC(=O)OCCCOc1ccc(-c2ccc(C#N)cc2)cc1. The first-order valence-corrected chi connectivity index (χ1v) is 7.62. The van der Waals surface area contributed by atoms with Gasteiger partial charge < -0.3 is 9.47 Å². The summed E-state index contributed by atoms with van der Waals surface area (Å²) in [7, 11) is 0. The number of nitriles is 1. The largest absolute Gasteiger partial charge is 0.493 e. The summed E-state index contributed by atoms with van der Waals surface area (Å²) in [5.74, 6) is 0.598. The molecule has 0 spiro atoms. The zero-order valence-corrected chi connectivity index (χ0v) is 13.1. The molecule has 0 aliphatic carbocycles. The van der Waals surface area contributed by atoms with Crippen LogP contribution in [-0.2, 0) is 9.53 Å². The molecule has 4 nitrogen and oxygen atoms in total. The molecule has 0 N–H and O–H groups in total. The van der Waals surface area contributed by atoms with Crippen LogP contribution < -0.4 is 4.74 Å². The summed E-state index contributed by atoms with van der Waals surface area (Å²) in [6, 6.07) is 17.3. The highest BCUT2D eigenvalue weighted by Crippen LogP contribution is 2.22. The van der Waals surface area contributed by atoms with Gasteiger partial charge in [0.25, 0.3) is 0 Å². The lowest BCUT2D eigenvalue weighted by atomic mass is 10.0. The van der Waals surface area contributed by atoms with Crippen molar-refractivity contribution in [3.05, 3.63) is 54.1 Å². The predicted molar refractivity (Wildman–Crippen MR) is 88.0 cm³/mol. The molecule has 0 atom stereocenters. The standard InChI is InChI=1S/C19H19NO3/c1-2-19(21)23-13-3-12-22-18-10-8-17(9-11-18)16-6-4-15(14-20)5-7-16/h4-11H,2-3,12-13H2,1H3. The molecule has 118 valence electrons. The van der Waals surface area contributed by atoms with E-state index in [2.05, 4.69) is 6.07 Å². The van der Waals surface area contributed by atoms with Crippen LogP contribution in [0.25, 0.3) is 11.1 Å². The Hall–Kier alpha value is -2.80. The van der Waals surface area contributed by atoms with E-state index in [1.54, 1.807) is 19.1 Å². The van der Waals surface area contributed by atoms with Gasteiger partial charge in [-0.25, -0.2) is 0 Å². The van der Waals surface area contributed by atoms with Crippen LogP contribution in [0.15, 0.2) is 48.5 Å². The second-order valence-corrected chi connectivity index (χ2v) is 4.99. The van der Waals surface area contributed by atoms with Gasteiger partial charge in [0.15, 0.2) is 0 Å². The molecule has 4 heteroatoms. The summed E-state index contributed by atoms with van der Waals surface area (Å²) >= 11 is 0. The second kappa shape index (κ2) is 8.60. The normalized spacial score (nSPS) is 9.91. The van der Waals surface area contributed by atoms with Gasteiger partial charge >= 0.3 is 5.97 Å². The average Bonchev–Trinajstić information content (AvgIpc) is 2.62. The van der Waals surface area contributed by atoms with E-state index in [0.717, 1.165) is 16.9 Å². The summed E-state index contributed by atoms with van der Waals surface area (Å²) < 4.78 is 10.6. The molecule has 0 amide bonds. The van der Waals surface area contributed by atoms with Crippen molar-refractivity contribution < 1.29 is 14.3 Å². The van der Waals surface area contributed by atoms with Gasteiger partial charge in [-0.05, 0) is 35.4 Å². The van der Waals surface area contributed by atoms with E-state index in [9.17, 15) is 4.79 Å². The molecule has 2 aromatic rings. The molecular formula is C19H19NO3. The second-order valence-electron chi connectivity index (χ2n) is 4.99. The Kier molecular flexibility index (Phi) is 6.19. The monoisotopic (exact) mass is 309 g/mol. The molecule has 0 saturated heterocycles. The van der Waals surface area contributed by atoms with Crippen LogP contribution in [0, 0.1) is 11.3 Å². The Labute approximate surface area is 136 Å². The van der Waals surface area contributed by atoms with Crippen molar-refractivity contribution >= 4 is 5.97 Å². The number of rotatable bonds is 7. The van der Waals surface area contributed by atoms with Crippen molar-refractivity contribution in [1.82, 2.24) is 0 Å². The van der Waals surface area contributed by atoms with Crippen molar-refractivity contribution in [2.24, 2.45) is 0 Å².